The van der Waals surface area contributed by atoms with Crippen LogP contribution in [0.4, 0.5) is 0 Å². The van der Waals surface area contributed by atoms with Crippen molar-refractivity contribution in [3.05, 3.63) is 17.3 Å². The van der Waals surface area contributed by atoms with Gasteiger partial charge in [0.05, 0.1) is 5.56 Å². The molecule has 0 aliphatic carbocycles. The Morgan fingerprint density at radius 1 is 1.35 bits per heavy atom. The van der Waals surface area contributed by atoms with E-state index in [1.807, 2.05) is 13.8 Å². The number of likely N-dealkylation sites (tertiary alicyclic amines) is 1. The Balaban J connectivity index is 1.76. The molecule has 0 radical (unpaired) electrons. The van der Waals surface area contributed by atoms with E-state index >= 15 is 0 Å². The number of hydrogen-bond acceptors (Lipinski definition) is 7. The lowest BCUT2D eigenvalue weighted by molar-refractivity contribution is 0.0684. The van der Waals surface area contributed by atoms with Crippen molar-refractivity contribution in [2.45, 2.75) is 49.8 Å². The first-order valence-corrected chi connectivity index (χ1v) is 11.0. The van der Waals surface area contributed by atoms with E-state index in [0.29, 0.717) is 25.1 Å². The number of nitrogens with one attached hydrogen (secondary N) is 1. The van der Waals surface area contributed by atoms with Gasteiger partial charge in [0, 0.05) is 24.5 Å². The number of aromatic nitrogens is 2. The predicted octanol–water partition coefficient (Wildman–Crippen LogP) is 2.50. The zero-order valence-electron chi connectivity index (χ0n) is 14.8. The monoisotopic (exact) mass is 398 g/mol. The van der Waals surface area contributed by atoms with Crippen LogP contribution in [0, 0.1) is 0 Å². The summed E-state index contributed by atoms with van der Waals surface area (Å²) in [4.78, 5) is 14.1. The highest BCUT2D eigenvalue weighted by Gasteiger charge is 2.25. The molecule has 1 saturated heterocycles. The molecule has 1 fully saturated rings. The highest BCUT2D eigenvalue weighted by molar-refractivity contribution is 7.91. The van der Waals surface area contributed by atoms with E-state index in [1.54, 1.807) is 10.3 Å². The number of nitrogens with zero attached hydrogens (tertiary/aromatic N) is 3. The first-order chi connectivity index (χ1) is 12.4. The van der Waals surface area contributed by atoms with Crippen LogP contribution in [-0.2, 0) is 10.0 Å². The van der Waals surface area contributed by atoms with Gasteiger partial charge >= 0.3 is 11.8 Å². The van der Waals surface area contributed by atoms with E-state index in [9.17, 15) is 13.2 Å². The van der Waals surface area contributed by atoms with Gasteiger partial charge in [0.2, 0.25) is 15.9 Å². The Bertz CT molecular complexity index is 868. The molecule has 142 valence electrons. The number of sulfonamides is 1. The molecular formula is C16H22N4O4S2. The van der Waals surface area contributed by atoms with Crippen molar-refractivity contribution in [1.29, 1.82) is 0 Å². The van der Waals surface area contributed by atoms with Crippen molar-refractivity contribution in [2.75, 3.05) is 13.1 Å². The van der Waals surface area contributed by atoms with Crippen LogP contribution in [0.5, 0.6) is 0 Å². The SMILES string of the molecule is CC[C@H](C)NS(=O)(=O)c1cc(-c2nnc(C(=O)N3CCCCC3)o2)cs1. The van der Waals surface area contributed by atoms with E-state index in [4.69, 9.17) is 4.42 Å². The summed E-state index contributed by atoms with van der Waals surface area (Å²) in [6.07, 6.45) is 3.77. The van der Waals surface area contributed by atoms with E-state index in [2.05, 4.69) is 14.9 Å². The summed E-state index contributed by atoms with van der Waals surface area (Å²) in [6, 6.07) is 1.33. The van der Waals surface area contributed by atoms with Gasteiger partial charge in [-0.3, -0.25) is 4.79 Å². The first kappa shape index (κ1) is 19.0. The molecular weight excluding hydrogens is 376 g/mol. The van der Waals surface area contributed by atoms with Crippen LogP contribution >= 0.6 is 11.3 Å². The van der Waals surface area contributed by atoms with Gasteiger partial charge < -0.3 is 9.32 Å². The molecule has 1 N–H and O–H groups in total. The molecule has 0 spiro atoms. The molecule has 2 aromatic rings. The minimum Gasteiger partial charge on any atom is -0.412 e. The molecule has 26 heavy (non-hydrogen) atoms. The van der Waals surface area contributed by atoms with Crippen molar-refractivity contribution in [3.8, 4) is 11.5 Å². The van der Waals surface area contributed by atoms with Gasteiger partial charge in [-0.1, -0.05) is 6.92 Å². The summed E-state index contributed by atoms with van der Waals surface area (Å²) < 4.78 is 33.0. The lowest BCUT2D eigenvalue weighted by Crippen LogP contribution is -2.35. The largest absolute Gasteiger partial charge is 0.412 e. The van der Waals surface area contributed by atoms with Crippen molar-refractivity contribution in [1.82, 2.24) is 19.8 Å². The molecule has 0 unspecified atom stereocenters. The zero-order valence-corrected chi connectivity index (χ0v) is 16.4. The van der Waals surface area contributed by atoms with E-state index in [1.165, 1.54) is 6.07 Å². The Morgan fingerprint density at radius 3 is 2.77 bits per heavy atom. The van der Waals surface area contributed by atoms with Crippen molar-refractivity contribution >= 4 is 27.3 Å². The fourth-order valence-corrected chi connectivity index (χ4v) is 5.13. The summed E-state index contributed by atoms with van der Waals surface area (Å²) in [5.41, 5.74) is 0.490. The van der Waals surface area contributed by atoms with Crippen LogP contribution in [0.15, 0.2) is 20.1 Å². The molecule has 1 aliphatic rings. The predicted molar refractivity (Wildman–Crippen MR) is 97.4 cm³/mol. The maximum absolute atomic E-state index is 12.4. The Labute approximate surface area is 156 Å². The summed E-state index contributed by atoms with van der Waals surface area (Å²) in [6.45, 7) is 5.10. The summed E-state index contributed by atoms with van der Waals surface area (Å²) in [5, 5.41) is 9.37. The van der Waals surface area contributed by atoms with Crippen molar-refractivity contribution in [3.63, 3.8) is 0 Å². The minimum absolute atomic E-state index is 0.0600. The van der Waals surface area contributed by atoms with Crippen molar-refractivity contribution < 1.29 is 17.6 Å². The minimum atomic E-state index is -3.58. The molecule has 1 aliphatic heterocycles. The molecule has 8 nitrogen and oxygen atoms in total. The van der Waals surface area contributed by atoms with Crippen molar-refractivity contribution in [2.24, 2.45) is 0 Å². The number of amides is 1. The molecule has 10 heteroatoms. The zero-order chi connectivity index (χ0) is 18.7. The maximum Gasteiger partial charge on any atom is 0.311 e. The van der Waals surface area contributed by atoms with Gasteiger partial charge in [0.15, 0.2) is 0 Å². The molecule has 0 saturated carbocycles. The average Bonchev–Trinajstić information content (AvgIpc) is 3.31. The lowest BCUT2D eigenvalue weighted by Gasteiger charge is -2.24. The number of rotatable bonds is 6. The molecule has 1 amide bonds. The van der Waals surface area contributed by atoms with Gasteiger partial charge in [-0.25, -0.2) is 13.1 Å². The molecule has 0 bridgehead atoms. The van der Waals surface area contributed by atoms with Crippen LogP contribution in [0.25, 0.3) is 11.5 Å². The van der Waals surface area contributed by atoms with Gasteiger partial charge in [-0.05, 0) is 38.7 Å². The topological polar surface area (TPSA) is 105 Å². The van der Waals surface area contributed by atoms with E-state index in [0.717, 1.165) is 30.6 Å². The number of carbonyl (C=O) groups excluding carboxylic acids is 1. The van der Waals surface area contributed by atoms with Gasteiger partial charge in [0.1, 0.15) is 4.21 Å². The third-order valence-electron chi connectivity index (χ3n) is 4.31. The smallest absolute Gasteiger partial charge is 0.311 e. The quantitative estimate of drug-likeness (QED) is 0.801. The lowest BCUT2D eigenvalue weighted by atomic mass is 10.1. The number of carbonyl (C=O) groups is 1. The number of piperidine rings is 1. The highest BCUT2D eigenvalue weighted by atomic mass is 32.2. The van der Waals surface area contributed by atoms with Crippen LogP contribution < -0.4 is 4.72 Å². The fraction of sp³-hybridized carbons (Fsp3) is 0.562. The number of thiophene rings is 1. The Kier molecular flexibility index (Phi) is 5.73. The highest BCUT2D eigenvalue weighted by Crippen LogP contribution is 2.28. The Morgan fingerprint density at radius 2 is 2.08 bits per heavy atom. The normalized spacial score (nSPS) is 16.6. The Hall–Kier alpha value is -1.78. The first-order valence-electron chi connectivity index (χ1n) is 8.64. The van der Waals surface area contributed by atoms with Gasteiger partial charge in [-0.2, -0.15) is 0 Å². The standard InChI is InChI=1S/C16H22N4O4S2/c1-3-11(2)19-26(22,23)13-9-12(10-25-13)14-17-18-15(24-14)16(21)20-7-5-4-6-8-20/h9-11,19H,3-8H2,1-2H3/t11-/m0/s1. The molecule has 3 heterocycles. The van der Waals surface area contributed by atoms with Gasteiger partial charge in [0.25, 0.3) is 0 Å². The fourth-order valence-electron chi connectivity index (χ4n) is 2.63. The van der Waals surface area contributed by atoms with Gasteiger partial charge in [-0.15, -0.1) is 21.5 Å². The van der Waals surface area contributed by atoms with E-state index < -0.39 is 10.0 Å². The second-order valence-electron chi connectivity index (χ2n) is 6.35. The summed E-state index contributed by atoms with van der Waals surface area (Å²) >= 11 is 1.08. The molecule has 2 aromatic heterocycles. The maximum atomic E-state index is 12.4. The molecule has 1 atom stereocenters. The average molecular weight is 399 g/mol. The van der Waals surface area contributed by atoms with Crippen LogP contribution in [-0.4, -0.2) is 48.6 Å². The molecule has 0 aromatic carbocycles. The summed E-state index contributed by atoms with van der Waals surface area (Å²) in [5.74, 6) is -0.188. The second-order valence-corrected chi connectivity index (χ2v) is 9.20. The molecule has 3 rings (SSSR count). The third kappa shape index (κ3) is 4.13. The van der Waals surface area contributed by atoms with Crippen LogP contribution in [0.2, 0.25) is 0 Å². The van der Waals surface area contributed by atoms with Crippen LogP contribution in [0.3, 0.4) is 0 Å². The summed E-state index contributed by atoms with van der Waals surface area (Å²) in [7, 11) is -3.58. The second kappa shape index (κ2) is 7.85. The third-order valence-corrected chi connectivity index (χ3v) is 7.34. The number of hydrogen-bond donors (Lipinski definition) is 1. The van der Waals surface area contributed by atoms with E-state index in [-0.39, 0.29) is 27.9 Å². The van der Waals surface area contributed by atoms with Crippen LogP contribution in [0.1, 0.15) is 50.2 Å².